The monoisotopic (exact) mass is 154 g/mol. The van der Waals surface area contributed by atoms with E-state index in [-0.39, 0.29) is 5.69 Å². The normalized spacial score (nSPS) is 8.40. The molecule has 10 heavy (non-hydrogen) atoms. The number of aromatic amines is 1. The molecule has 0 atom stereocenters. The second kappa shape index (κ2) is 3.16. The predicted octanol–water partition coefficient (Wildman–Crippen LogP) is 0.843. The van der Waals surface area contributed by atoms with Crippen LogP contribution in [0.5, 0.6) is 0 Å². The van der Waals surface area contributed by atoms with Crippen LogP contribution in [0.3, 0.4) is 0 Å². The molecule has 4 nitrogen and oxygen atoms in total. The van der Waals surface area contributed by atoms with Crippen LogP contribution >= 0.6 is 7.92 Å². The van der Waals surface area contributed by atoms with Crippen molar-refractivity contribution in [2.75, 3.05) is 0 Å². The first kappa shape index (κ1) is 7.00. The van der Waals surface area contributed by atoms with E-state index >= 15 is 0 Å². The molecular formula is C5H3N2O2P. The summed E-state index contributed by atoms with van der Waals surface area (Å²) in [5, 5.41) is 6.01. The summed E-state index contributed by atoms with van der Waals surface area (Å²) in [6, 6.07) is 1.49. The van der Waals surface area contributed by atoms with Crippen molar-refractivity contribution < 1.29 is 9.36 Å². The molecule has 0 aliphatic heterocycles. The van der Waals surface area contributed by atoms with E-state index in [1.165, 1.54) is 12.3 Å². The second-order valence-electron chi connectivity index (χ2n) is 1.49. The Labute approximate surface area is 57.8 Å². The molecule has 0 radical (unpaired) electrons. The molecule has 1 aromatic heterocycles. The minimum atomic E-state index is -0.460. The zero-order valence-electron chi connectivity index (χ0n) is 4.87. The molecule has 0 spiro atoms. The molecule has 5 heteroatoms. The van der Waals surface area contributed by atoms with Crippen LogP contribution in [0.1, 0.15) is 10.5 Å². The first-order valence-electron chi connectivity index (χ1n) is 2.47. The predicted molar refractivity (Wildman–Crippen MR) is 34.4 cm³/mol. The van der Waals surface area contributed by atoms with Crippen molar-refractivity contribution in [2.45, 2.75) is 0 Å². The Morgan fingerprint density at radius 1 is 1.80 bits per heavy atom. The number of nitrogens with one attached hydrogen (secondary N) is 1. The number of carbonyl (C=O) groups excluding carboxylic acids is 1. The Balaban J connectivity index is 2.95. The van der Waals surface area contributed by atoms with E-state index in [0.29, 0.717) is 0 Å². The van der Waals surface area contributed by atoms with Crippen molar-refractivity contribution in [3.05, 3.63) is 18.0 Å². The summed E-state index contributed by atoms with van der Waals surface area (Å²) in [5.74, 6) is -0.460. The molecular weight excluding hydrogens is 151 g/mol. The first-order chi connectivity index (χ1) is 4.84. The van der Waals surface area contributed by atoms with Gasteiger partial charge in [0, 0.05) is 0 Å². The summed E-state index contributed by atoms with van der Waals surface area (Å²) < 4.78 is 9.84. The molecule has 0 fully saturated rings. The number of rotatable bonds is 1. The van der Waals surface area contributed by atoms with Gasteiger partial charge in [0.15, 0.2) is 0 Å². The molecule has 0 aromatic carbocycles. The number of carbonyl (C=O) groups is 1. The molecule has 0 saturated carbocycles. The Kier molecular flexibility index (Phi) is 2.21. The standard InChI is InChI=1S/C5H3N2O2P/c8-5(3-10-9)4-1-2-6-7-4/h1-2H,(H,6,7). The van der Waals surface area contributed by atoms with Crippen molar-refractivity contribution in [2.24, 2.45) is 0 Å². The molecule has 0 unspecified atom stereocenters. The fourth-order valence-corrected chi connectivity index (χ4v) is 0.683. The van der Waals surface area contributed by atoms with Crippen molar-refractivity contribution in [1.82, 2.24) is 10.2 Å². The third-order valence-corrected chi connectivity index (χ3v) is 1.17. The third kappa shape index (κ3) is 1.44. The van der Waals surface area contributed by atoms with Gasteiger partial charge in [0.2, 0.25) is 0 Å². The van der Waals surface area contributed by atoms with Crippen LogP contribution in [0.15, 0.2) is 12.3 Å². The number of ketones is 1. The van der Waals surface area contributed by atoms with Crippen LogP contribution in [0, 0.1) is 5.63 Å². The summed E-state index contributed by atoms with van der Waals surface area (Å²) in [5.41, 5.74) is 2.27. The average molecular weight is 154 g/mol. The Morgan fingerprint density at radius 3 is 3.10 bits per heavy atom. The van der Waals surface area contributed by atoms with E-state index in [1.54, 1.807) is 0 Å². The number of hydrogen-bond acceptors (Lipinski definition) is 3. The second-order valence-corrected chi connectivity index (χ2v) is 1.90. The zero-order chi connectivity index (χ0) is 7.40. The summed E-state index contributed by atoms with van der Waals surface area (Å²) >= 11 is 0. The van der Waals surface area contributed by atoms with E-state index < -0.39 is 13.7 Å². The van der Waals surface area contributed by atoms with Crippen molar-refractivity contribution in [3.63, 3.8) is 0 Å². The van der Waals surface area contributed by atoms with E-state index in [1.807, 2.05) is 5.63 Å². The minimum absolute atomic E-state index is 0.225. The van der Waals surface area contributed by atoms with Gasteiger partial charge in [0.05, 0.1) is 0 Å². The van der Waals surface area contributed by atoms with Gasteiger partial charge in [-0.3, -0.25) is 0 Å². The van der Waals surface area contributed by atoms with Crippen LogP contribution in [0.25, 0.3) is 0 Å². The van der Waals surface area contributed by atoms with Crippen LogP contribution < -0.4 is 0 Å². The Bertz CT molecular complexity index is 324. The molecule has 0 amide bonds. The molecule has 0 aliphatic carbocycles. The third-order valence-electron chi connectivity index (χ3n) is 0.881. The van der Waals surface area contributed by atoms with Gasteiger partial charge in [-0.25, -0.2) is 0 Å². The quantitative estimate of drug-likeness (QED) is 0.481. The molecule has 1 heterocycles. The molecule has 0 bridgehead atoms. The molecule has 50 valence electrons. The number of aromatic nitrogens is 2. The summed E-state index contributed by atoms with van der Waals surface area (Å²) in [6.07, 6.45) is 1.51. The average Bonchev–Trinajstić information content (AvgIpc) is 2.38. The van der Waals surface area contributed by atoms with Gasteiger partial charge in [-0.1, -0.05) is 0 Å². The van der Waals surface area contributed by atoms with Gasteiger partial charge in [0.1, 0.15) is 0 Å². The number of nitrogens with zero attached hydrogens (tertiary/aromatic N) is 1. The first-order valence-corrected chi connectivity index (χ1v) is 3.28. The molecule has 0 aliphatic rings. The molecule has 1 rings (SSSR count). The zero-order valence-corrected chi connectivity index (χ0v) is 5.76. The topological polar surface area (TPSA) is 62.8 Å². The van der Waals surface area contributed by atoms with Crippen molar-refractivity contribution in [1.29, 1.82) is 0 Å². The van der Waals surface area contributed by atoms with Crippen LogP contribution in [-0.4, -0.2) is 16.0 Å². The van der Waals surface area contributed by atoms with Crippen LogP contribution in [0.2, 0.25) is 0 Å². The fourth-order valence-electron chi connectivity index (χ4n) is 0.485. The van der Waals surface area contributed by atoms with Crippen LogP contribution in [0.4, 0.5) is 0 Å². The molecule has 1 aromatic rings. The Morgan fingerprint density at radius 2 is 2.60 bits per heavy atom. The fraction of sp³-hybridized carbons (Fsp3) is 0. The number of hydrogen-bond donors (Lipinski definition) is 1. The number of H-pyrrole nitrogens is 1. The van der Waals surface area contributed by atoms with E-state index in [2.05, 4.69) is 10.2 Å². The summed E-state index contributed by atoms with van der Waals surface area (Å²) in [4.78, 5) is 10.7. The van der Waals surface area contributed by atoms with Gasteiger partial charge >= 0.3 is 56.8 Å². The van der Waals surface area contributed by atoms with Gasteiger partial charge in [-0.15, -0.1) is 0 Å². The van der Waals surface area contributed by atoms with E-state index in [4.69, 9.17) is 0 Å². The van der Waals surface area contributed by atoms with Gasteiger partial charge in [-0.2, -0.15) is 0 Å². The molecule has 0 saturated heterocycles. The van der Waals surface area contributed by atoms with Gasteiger partial charge in [0.25, 0.3) is 0 Å². The van der Waals surface area contributed by atoms with E-state index in [9.17, 15) is 9.36 Å². The summed E-state index contributed by atoms with van der Waals surface area (Å²) in [7, 11) is -0.411. The maximum atomic E-state index is 10.7. The van der Waals surface area contributed by atoms with Gasteiger partial charge in [-0.05, 0) is 0 Å². The van der Waals surface area contributed by atoms with E-state index in [0.717, 1.165) is 0 Å². The summed E-state index contributed by atoms with van der Waals surface area (Å²) in [6.45, 7) is 0. The van der Waals surface area contributed by atoms with Crippen molar-refractivity contribution >= 4 is 13.7 Å². The Hall–Kier alpha value is -1.11. The van der Waals surface area contributed by atoms with Crippen molar-refractivity contribution in [3.8, 4) is 5.63 Å². The maximum absolute atomic E-state index is 10.7. The van der Waals surface area contributed by atoms with Gasteiger partial charge < -0.3 is 0 Å². The van der Waals surface area contributed by atoms with Crippen LogP contribution in [-0.2, 0) is 4.57 Å². The SMILES string of the molecule is O=P#CC(=O)c1cc[nH]n1. The molecule has 1 N–H and O–H groups in total. The number of Topliss-reactive ketones (excluding diaryl/α,β-unsaturated/α-hetero) is 1.